The zero-order valence-electron chi connectivity index (χ0n) is 18.0. The number of ether oxygens (including phenoxy) is 1. The summed E-state index contributed by atoms with van der Waals surface area (Å²) in [4.78, 5) is 2.52. The average Bonchev–Trinajstić information content (AvgIpc) is 3.30. The second kappa shape index (κ2) is 7.95. The number of fused-ring (bicyclic) bond motifs is 4. The Bertz CT molecular complexity index is 1140. The van der Waals surface area contributed by atoms with Gasteiger partial charge in [0.25, 0.3) is 0 Å². The maximum atomic E-state index is 6.75. The van der Waals surface area contributed by atoms with Gasteiger partial charge in [0.15, 0.2) is 0 Å². The SMILES string of the molecule is Clc1ccc2c(c1)[C@H]1CC(c3ccccc3)=NN1C1(CCN(Cc3ccccc3)CC1)O2. The van der Waals surface area contributed by atoms with Gasteiger partial charge in [0.05, 0.1) is 11.8 Å². The molecule has 0 bridgehead atoms. The standard InChI is InChI=1S/C27H26ClN3O/c28-22-11-12-26-23(17-22)25-18-24(21-9-5-2-6-10-21)29-31(25)27(32-26)13-15-30(16-14-27)19-20-7-3-1-4-8-20/h1-12,17,25H,13-16,18-19H2/t25-/m1/s1. The smallest absolute Gasteiger partial charge is 0.200 e. The van der Waals surface area contributed by atoms with E-state index >= 15 is 0 Å². The summed E-state index contributed by atoms with van der Waals surface area (Å²) < 4.78 is 6.75. The van der Waals surface area contributed by atoms with Crippen molar-refractivity contribution in [2.24, 2.45) is 5.10 Å². The van der Waals surface area contributed by atoms with E-state index in [0.717, 1.165) is 60.9 Å². The molecule has 0 aromatic heterocycles. The molecule has 1 fully saturated rings. The number of hydrogen-bond donors (Lipinski definition) is 0. The number of piperidine rings is 1. The first-order chi connectivity index (χ1) is 15.7. The minimum Gasteiger partial charge on any atom is -0.466 e. The van der Waals surface area contributed by atoms with Crippen LogP contribution in [0, 0.1) is 0 Å². The van der Waals surface area contributed by atoms with E-state index in [9.17, 15) is 0 Å². The largest absolute Gasteiger partial charge is 0.466 e. The van der Waals surface area contributed by atoms with Crippen molar-refractivity contribution in [2.45, 2.75) is 37.6 Å². The lowest BCUT2D eigenvalue weighted by molar-refractivity contribution is -0.150. The van der Waals surface area contributed by atoms with Gasteiger partial charge in [0, 0.05) is 49.5 Å². The Labute approximate surface area is 194 Å². The molecular weight excluding hydrogens is 418 g/mol. The van der Waals surface area contributed by atoms with E-state index < -0.39 is 5.72 Å². The molecule has 3 aliphatic rings. The first-order valence-electron chi connectivity index (χ1n) is 11.4. The lowest BCUT2D eigenvalue weighted by Crippen LogP contribution is -2.59. The van der Waals surface area contributed by atoms with Gasteiger partial charge in [0.2, 0.25) is 5.72 Å². The lowest BCUT2D eigenvalue weighted by Gasteiger charge is -2.51. The van der Waals surface area contributed by atoms with Crippen LogP contribution >= 0.6 is 11.6 Å². The van der Waals surface area contributed by atoms with Crippen LogP contribution in [-0.2, 0) is 6.54 Å². The summed E-state index contributed by atoms with van der Waals surface area (Å²) in [5.74, 6) is 0.955. The number of nitrogens with zero attached hydrogens (tertiary/aromatic N) is 3. The number of rotatable bonds is 3. The van der Waals surface area contributed by atoms with Crippen molar-refractivity contribution < 1.29 is 4.74 Å². The normalized spacial score (nSPS) is 21.6. The molecule has 3 heterocycles. The van der Waals surface area contributed by atoms with Crippen LogP contribution < -0.4 is 4.74 Å². The van der Waals surface area contributed by atoms with E-state index in [0.29, 0.717) is 0 Å². The van der Waals surface area contributed by atoms with Crippen molar-refractivity contribution in [2.75, 3.05) is 13.1 Å². The van der Waals surface area contributed by atoms with Gasteiger partial charge < -0.3 is 4.74 Å². The first-order valence-corrected chi connectivity index (χ1v) is 11.7. The fourth-order valence-corrected chi connectivity index (χ4v) is 5.47. The minimum atomic E-state index is -0.408. The highest BCUT2D eigenvalue weighted by atomic mass is 35.5. The molecule has 1 atom stereocenters. The topological polar surface area (TPSA) is 28.1 Å². The Morgan fingerprint density at radius 3 is 2.41 bits per heavy atom. The Morgan fingerprint density at radius 2 is 1.66 bits per heavy atom. The van der Waals surface area contributed by atoms with E-state index in [4.69, 9.17) is 21.4 Å². The molecule has 0 amide bonds. The van der Waals surface area contributed by atoms with Crippen LogP contribution in [0.2, 0.25) is 5.02 Å². The molecule has 5 heteroatoms. The molecule has 0 aliphatic carbocycles. The Kier molecular flexibility index (Phi) is 4.93. The number of benzene rings is 3. The summed E-state index contributed by atoms with van der Waals surface area (Å²) in [7, 11) is 0. The summed E-state index contributed by atoms with van der Waals surface area (Å²) in [5, 5.41) is 8.16. The summed E-state index contributed by atoms with van der Waals surface area (Å²) in [6, 6.07) is 27.4. The number of likely N-dealkylation sites (tertiary alicyclic amines) is 1. The number of hydrazone groups is 1. The zero-order valence-corrected chi connectivity index (χ0v) is 18.7. The molecule has 6 rings (SSSR count). The monoisotopic (exact) mass is 443 g/mol. The average molecular weight is 444 g/mol. The highest BCUT2D eigenvalue weighted by Crippen LogP contribution is 2.50. The van der Waals surface area contributed by atoms with Crippen LogP contribution in [-0.4, -0.2) is 34.4 Å². The molecule has 4 nitrogen and oxygen atoms in total. The Morgan fingerprint density at radius 1 is 0.938 bits per heavy atom. The molecule has 3 aromatic carbocycles. The molecule has 0 unspecified atom stereocenters. The maximum absolute atomic E-state index is 6.75. The fraction of sp³-hybridized carbons (Fsp3) is 0.296. The van der Waals surface area contributed by atoms with E-state index in [1.165, 1.54) is 11.1 Å². The Balaban J connectivity index is 1.31. The van der Waals surface area contributed by atoms with Crippen LogP contribution in [0.25, 0.3) is 0 Å². The lowest BCUT2D eigenvalue weighted by atomic mass is 9.90. The highest BCUT2D eigenvalue weighted by molar-refractivity contribution is 6.30. The van der Waals surface area contributed by atoms with E-state index in [1.807, 2.05) is 12.1 Å². The molecule has 1 saturated heterocycles. The third-order valence-corrected chi connectivity index (χ3v) is 7.19. The third kappa shape index (κ3) is 3.48. The Hall–Kier alpha value is -2.82. The molecule has 32 heavy (non-hydrogen) atoms. The van der Waals surface area contributed by atoms with Crippen molar-refractivity contribution in [3.63, 3.8) is 0 Å². The summed E-state index contributed by atoms with van der Waals surface area (Å²) in [5.41, 5.74) is 4.40. The van der Waals surface area contributed by atoms with Gasteiger partial charge >= 0.3 is 0 Å². The fourth-order valence-electron chi connectivity index (χ4n) is 5.29. The van der Waals surface area contributed by atoms with E-state index in [1.54, 1.807) is 0 Å². The van der Waals surface area contributed by atoms with E-state index in [2.05, 4.69) is 76.6 Å². The predicted molar refractivity (Wildman–Crippen MR) is 128 cm³/mol. The van der Waals surface area contributed by atoms with Gasteiger partial charge in [-0.25, -0.2) is 5.01 Å². The van der Waals surface area contributed by atoms with Crippen LogP contribution in [0.15, 0.2) is 84.0 Å². The number of halogens is 1. The summed E-state index contributed by atoms with van der Waals surface area (Å²) >= 11 is 6.38. The highest BCUT2D eigenvalue weighted by Gasteiger charge is 2.51. The minimum absolute atomic E-state index is 0.160. The molecule has 162 valence electrons. The zero-order chi connectivity index (χ0) is 21.5. The van der Waals surface area contributed by atoms with Crippen LogP contribution in [0.5, 0.6) is 5.75 Å². The van der Waals surface area contributed by atoms with Crippen molar-refractivity contribution >= 4 is 17.3 Å². The van der Waals surface area contributed by atoms with Gasteiger partial charge in [-0.2, -0.15) is 5.10 Å². The van der Waals surface area contributed by atoms with Gasteiger partial charge in [-0.3, -0.25) is 4.90 Å². The summed E-state index contributed by atoms with van der Waals surface area (Å²) in [6.45, 7) is 2.94. The van der Waals surface area contributed by atoms with Crippen molar-refractivity contribution in [3.05, 3.63) is 101 Å². The molecule has 1 spiro atoms. The quantitative estimate of drug-likeness (QED) is 0.506. The second-order valence-corrected chi connectivity index (χ2v) is 9.41. The summed E-state index contributed by atoms with van der Waals surface area (Å²) in [6.07, 6.45) is 2.71. The molecular formula is C27H26ClN3O. The molecule has 3 aliphatic heterocycles. The van der Waals surface area contributed by atoms with Crippen molar-refractivity contribution in [1.29, 1.82) is 0 Å². The second-order valence-electron chi connectivity index (χ2n) is 8.97. The van der Waals surface area contributed by atoms with Gasteiger partial charge in [-0.15, -0.1) is 0 Å². The number of hydrogen-bond acceptors (Lipinski definition) is 4. The third-order valence-electron chi connectivity index (χ3n) is 6.95. The van der Waals surface area contributed by atoms with Crippen LogP contribution in [0.4, 0.5) is 0 Å². The van der Waals surface area contributed by atoms with E-state index in [-0.39, 0.29) is 6.04 Å². The molecule has 0 saturated carbocycles. The van der Waals surface area contributed by atoms with Crippen LogP contribution in [0.1, 0.15) is 42.0 Å². The van der Waals surface area contributed by atoms with Gasteiger partial charge in [-0.05, 0) is 29.3 Å². The molecule has 0 N–H and O–H groups in total. The molecule has 0 radical (unpaired) electrons. The van der Waals surface area contributed by atoms with Crippen LogP contribution in [0.3, 0.4) is 0 Å². The van der Waals surface area contributed by atoms with Crippen molar-refractivity contribution in [1.82, 2.24) is 9.91 Å². The van der Waals surface area contributed by atoms with Gasteiger partial charge in [0.1, 0.15) is 5.75 Å². The first kappa shape index (κ1) is 19.8. The predicted octanol–water partition coefficient (Wildman–Crippen LogP) is 5.88. The van der Waals surface area contributed by atoms with Gasteiger partial charge in [-0.1, -0.05) is 72.3 Å². The molecule has 3 aromatic rings. The maximum Gasteiger partial charge on any atom is 0.200 e. The van der Waals surface area contributed by atoms with Crippen molar-refractivity contribution in [3.8, 4) is 5.75 Å².